The molecule has 0 saturated carbocycles. The van der Waals surface area contributed by atoms with Crippen molar-refractivity contribution in [2.75, 3.05) is 0 Å². The van der Waals surface area contributed by atoms with Gasteiger partial charge in [0.05, 0.1) is 0 Å². The van der Waals surface area contributed by atoms with Crippen LogP contribution < -0.4 is 5.32 Å². The minimum Gasteiger partial charge on any atom is -0.306 e. The van der Waals surface area contributed by atoms with E-state index in [9.17, 15) is 8.78 Å². The zero-order chi connectivity index (χ0) is 13.8. The molecule has 2 rings (SSSR count). The van der Waals surface area contributed by atoms with Crippen molar-refractivity contribution in [3.63, 3.8) is 0 Å². The first-order chi connectivity index (χ1) is 9.08. The summed E-state index contributed by atoms with van der Waals surface area (Å²) in [6.07, 6.45) is 0. The van der Waals surface area contributed by atoms with E-state index in [4.69, 9.17) is 11.6 Å². The normalized spacial score (nSPS) is 12.4. The van der Waals surface area contributed by atoms with Crippen molar-refractivity contribution in [3.05, 3.63) is 70.2 Å². The molecule has 1 atom stereocenters. The number of benzene rings is 2. The summed E-state index contributed by atoms with van der Waals surface area (Å²) in [5, 5.41) is 3.84. The molecule has 2 aromatic carbocycles. The van der Waals surface area contributed by atoms with Gasteiger partial charge >= 0.3 is 0 Å². The van der Waals surface area contributed by atoms with Crippen LogP contribution in [0.1, 0.15) is 24.1 Å². The van der Waals surface area contributed by atoms with Gasteiger partial charge in [-0.2, -0.15) is 0 Å². The van der Waals surface area contributed by atoms with Crippen molar-refractivity contribution in [1.82, 2.24) is 5.32 Å². The van der Waals surface area contributed by atoms with Crippen LogP contribution in [0.15, 0.2) is 42.5 Å². The second-order valence-corrected chi connectivity index (χ2v) is 4.77. The summed E-state index contributed by atoms with van der Waals surface area (Å²) >= 11 is 6.09. The van der Waals surface area contributed by atoms with Crippen LogP contribution in [-0.2, 0) is 6.54 Å². The number of hydrogen-bond donors (Lipinski definition) is 1. The first kappa shape index (κ1) is 14.0. The maximum atomic E-state index is 13.5. The smallest absolute Gasteiger partial charge is 0.130 e. The summed E-state index contributed by atoms with van der Waals surface area (Å²) in [6, 6.07) is 11.1. The van der Waals surface area contributed by atoms with Gasteiger partial charge in [-0.15, -0.1) is 0 Å². The zero-order valence-electron chi connectivity index (χ0n) is 10.5. The highest BCUT2D eigenvalue weighted by atomic mass is 35.5. The molecule has 2 aromatic rings. The standard InChI is InChI=1S/C15H14ClF2N/c1-10(13-4-2-3-5-14(13)16)19-9-11-6-7-12(17)8-15(11)18/h2-8,10,19H,9H2,1H3. The third kappa shape index (κ3) is 3.52. The summed E-state index contributed by atoms with van der Waals surface area (Å²) in [6.45, 7) is 2.27. The Morgan fingerprint density at radius 1 is 1.16 bits per heavy atom. The molecular weight excluding hydrogens is 268 g/mol. The lowest BCUT2D eigenvalue weighted by Gasteiger charge is -2.16. The average molecular weight is 282 g/mol. The molecule has 4 heteroatoms. The van der Waals surface area contributed by atoms with E-state index in [0.717, 1.165) is 11.6 Å². The predicted octanol–water partition coefficient (Wildman–Crippen LogP) is 4.47. The van der Waals surface area contributed by atoms with E-state index in [1.54, 1.807) is 0 Å². The summed E-state index contributed by atoms with van der Waals surface area (Å²) in [7, 11) is 0. The van der Waals surface area contributed by atoms with Crippen molar-refractivity contribution < 1.29 is 8.78 Å². The molecule has 1 nitrogen and oxygen atoms in total. The Hall–Kier alpha value is -1.45. The molecule has 1 unspecified atom stereocenters. The van der Waals surface area contributed by atoms with Gasteiger partial charge in [0, 0.05) is 29.2 Å². The van der Waals surface area contributed by atoms with Crippen LogP contribution in [0.3, 0.4) is 0 Å². The van der Waals surface area contributed by atoms with E-state index in [-0.39, 0.29) is 6.04 Å². The average Bonchev–Trinajstić information content (AvgIpc) is 2.38. The Morgan fingerprint density at radius 3 is 2.58 bits per heavy atom. The van der Waals surface area contributed by atoms with Crippen molar-refractivity contribution in [3.8, 4) is 0 Å². The first-order valence-electron chi connectivity index (χ1n) is 5.99. The van der Waals surface area contributed by atoms with Crippen LogP contribution in [-0.4, -0.2) is 0 Å². The summed E-state index contributed by atoms with van der Waals surface area (Å²) in [5.41, 5.74) is 1.38. The lowest BCUT2D eigenvalue weighted by Crippen LogP contribution is -2.19. The number of nitrogens with one attached hydrogen (secondary N) is 1. The van der Waals surface area contributed by atoms with Crippen LogP contribution in [0.25, 0.3) is 0 Å². The molecule has 0 saturated heterocycles. The maximum Gasteiger partial charge on any atom is 0.130 e. The highest BCUT2D eigenvalue weighted by Crippen LogP contribution is 2.22. The zero-order valence-corrected chi connectivity index (χ0v) is 11.2. The van der Waals surface area contributed by atoms with E-state index in [0.29, 0.717) is 17.1 Å². The molecule has 1 N–H and O–H groups in total. The number of rotatable bonds is 4. The van der Waals surface area contributed by atoms with Gasteiger partial charge in [-0.1, -0.05) is 35.9 Å². The van der Waals surface area contributed by atoms with E-state index in [1.165, 1.54) is 12.1 Å². The van der Waals surface area contributed by atoms with Gasteiger partial charge in [0.25, 0.3) is 0 Å². The maximum absolute atomic E-state index is 13.5. The van der Waals surface area contributed by atoms with E-state index in [1.807, 2.05) is 31.2 Å². The van der Waals surface area contributed by atoms with E-state index >= 15 is 0 Å². The molecule has 0 amide bonds. The summed E-state index contributed by atoms with van der Waals surface area (Å²) in [4.78, 5) is 0. The summed E-state index contributed by atoms with van der Waals surface area (Å²) < 4.78 is 26.3. The molecule has 100 valence electrons. The predicted molar refractivity (Wildman–Crippen MR) is 73.1 cm³/mol. The minimum absolute atomic E-state index is 0.0156. The van der Waals surface area contributed by atoms with E-state index in [2.05, 4.69) is 5.32 Å². The van der Waals surface area contributed by atoms with Crippen molar-refractivity contribution in [1.29, 1.82) is 0 Å². The molecule has 0 bridgehead atoms. The topological polar surface area (TPSA) is 12.0 Å². The molecule has 0 heterocycles. The van der Waals surface area contributed by atoms with Gasteiger partial charge in [-0.3, -0.25) is 0 Å². The molecule has 0 aromatic heterocycles. The largest absolute Gasteiger partial charge is 0.306 e. The van der Waals surface area contributed by atoms with Crippen molar-refractivity contribution >= 4 is 11.6 Å². The fraction of sp³-hybridized carbons (Fsp3) is 0.200. The Bertz CT molecular complexity index is 572. The first-order valence-corrected chi connectivity index (χ1v) is 6.37. The lowest BCUT2D eigenvalue weighted by atomic mass is 10.1. The Labute approximate surface area is 116 Å². The van der Waals surface area contributed by atoms with Gasteiger partial charge in [-0.25, -0.2) is 8.78 Å². The monoisotopic (exact) mass is 281 g/mol. The Morgan fingerprint density at radius 2 is 1.89 bits per heavy atom. The fourth-order valence-corrected chi connectivity index (χ4v) is 2.16. The molecule has 0 aliphatic heterocycles. The van der Waals surface area contributed by atoms with Gasteiger partial charge in [0.2, 0.25) is 0 Å². The van der Waals surface area contributed by atoms with Crippen LogP contribution in [0.4, 0.5) is 8.78 Å². The SMILES string of the molecule is CC(NCc1ccc(F)cc1F)c1ccccc1Cl. The second-order valence-electron chi connectivity index (χ2n) is 4.36. The van der Waals surface area contributed by atoms with Crippen LogP contribution >= 0.6 is 11.6 Å². The molecule has 0 radical (unpaired) electrons. The molecule has 0 aliphatic rings. The highest BCUT2D eigenvalue weighted by Gasteiger charge is 2.10. The van der Waals surface area contributed by atoms with Crippen molar-refractivity contribution in [2.45, 2.75) is 19.5 Å². The fourth-order valence-electron chi connectivity index (χ4n) is 1.86. The number of hydrogen-bond acceptors (Lipinski definition) is 1. The van der Waals surface area contributed by atoms with Crippen LogP contribution in [0, 0.1) is 11.6 Å². The summed E-state index contributed by atoms with van der Waals surface area (Å²) in [5.74, 6) is -1.11. The van der Waals surface area contributed by atoms with Crippen molar-refractivity contribution in [2.24, 2.45) is 0 Å². The van der Waals surface area contributed by atoms with Gasteiger partial charge in [0.1, 0.15) is 11.6 Å². The molecular formula is C15H14ClF2N. The third-order valence-electron chi connectivity index (χ3n) is 2.99. The van der Waals surface area contributed by atoms with Gasteiger partial charge < -0.3 is 5.32 Å². The molecule has 0 spiro atoms. The third-order valence-corrected chi connectivity index (χ3v) is 3.33. The molecule has 0 aliphatic carbocycles. The second kappa shape index (κ2) is 6.13. The van der Waals surface area contributed by atoms with Gasteiger partial charge in [-0.05, 0) is 24.6 Å². The minimum atomic E-state index is -0.569. The van der Waals surface area contributed by atoms with E-state index < -0.39 is 11.6 Å². The highest BCUT2D eigenvalue weighted by molar-refractivity contribution is 6.31. The van der Waals surface area contributed by atoms with Crippen LogP contribution in [0.5, 0.6) is 0 Å². The van der Waals surface area contributed by atoms with Crippen LogP contribution in [0.2, 0.25) is 5.02 Å². The van der Waals surface area contributed by atoms with Gasteiger partial charge in [0.15, 0.2) is 0 Å². The quantitative estimate of drug-likeness (QED) is 0.872. The number of halogens is 3. The lowest BCUT2D eigenvalue weighted by molar-refractivity contribution is 0.534. The Kier molecular flexibility index (Phi) is 4.51. The molecule has 0 fully saturated rings. The Balaban J connectivity index is 2.04. The molecule has 19 heavy (non-hydrogen) atoms.